The summed E-state index contributed by atoms with van der Waals surface area (Å²) >= 11 is 0. The molecule has 1 aromatic rings. The van der Waals surface area contributed by atoms with Crippen molar-refractivity contribution in [3.63, 3.8) is 0 Å². The van der Waals surface area contributed by atoms with Crippen LogP contribution in [0.1, 0.15) is 25.3 Å². The number of allylic oxidation sites excluding steroid dienone is 2. The van der Waals surface area contributed by atoms with Gasteiger partial charge < -0.3 is 23.7 Å². The Hall–Kier alpha value is -2.47. The smallest absolute Gasteiger partial charge is 0.203 e. The second kappa shape index (κ2) is 8.27. The zero-order chi connectivity index (χ0) is 20.3. The van der Waals surface area contributed by atoms with Crippen LogP contribution < -0.4 is 14.2 Å². The Balaban J connectivity index is 1.91. The molecule has 0 spiro atoms. The molecule has 0 N–H and O–H groups in total. The highest BCUT2D eigenvalue weighted by Gasteiger charge is 2.51. The third-order valence-electron chi connectivity index (χ3n) is 5.69. The van der Waals surface area contributed by atoms with Gasteiger partial charge in [-0.25, -0.2) is 0 Å². The minimum absolute atomic E-state index is 0.0736. The van der Waals surface area contributed by atoms with Crippen molar-refractivity contribution in [2.45, 2.75) is 31.8 Å². The SMILES string of the molecule is C=CC[C@@H]1C[C@]2([C@@H](C)Cc3cc(OC)c(OC)c(OC)c3)OCOC2=CC1=O. The molecule has 0 radical (unpaired) electrons. The van der Waals surface area contributed by atoms with E-state index in [1.165, 1.54) is 0 Å². The van der Waals surface area contributed by atoms with Crippen LogP contribution in [0.5, 0.6) is 17.2 Å². The number of benzene rings is 1. The average Bonchev–Trinajstić information content (AvgIpc) is 3.11. The van der Waals surface area contributed by atoms with Gasteiger partial charge in [0, 0.05) is 12.0 Å². The van der Waals surface area contributed by atoms with Crippen molar-refractivity contribution in [1.29, 1.82) is 0 Å². The third kappa shape index (κ3) is 3.49. The Labute approximate surface area is 166 Å². The van der Waals surface area contributed by atoms with Gasteiger partial charge >= 0.3 is 0 Å². The van der Waals surface area contributed by atoms with Crippen molar-refractivity contribution in [3.05, 3.63) is 42.2 Å². The maximum atomic E-state index is 12.4. The molecule has 6 nitrogen and oxygen atoms in total. The lowest BCUT2D eigenvalue weighted by atomic mass is 9.71. The van der Waals surface area contributed by atoms with E-state index >= 15 is 0 Å². The van der Waals surface area contributed by atoms with Gasteiger partial charge in [0.1, 0.15) is 11.4 Å². The molecule has 6 heteroatoms. The van der Waals surface area contributed by atoms with Crippen LogP contribution in [0.25, 0.3) is 0 Å². The second-order valence-corrected chi connectivity index (χ2v) is 7.27. The van der Waals surface area contributed by atoms with Crippen LogP contribution in [-0.4, -0.2) is 39.5 Å². The van der Waals surface area contributed by atoms with Crippen LogP contribution in [0, 0.1) is 11.8 Å². The molecule has 0 unspecified atom stereocenters. The van der Waals surface area contributed by atoms with Crippen LogP contribution in [0.15, 0.2) is 36.6 Å². The molecule has 152 valence electrons. The number of methoxy groups -OCH3 is 3. The first-order chi connectivity index (χ1) is 13.5. The fraction of sp³-hybridized carbons (Fsp3) is 0.500. The molecule has 3 rings (SSSR count). The van der Waals surface area contributed by atoms with Crippen molar-refractivity contribution >= 4 is 5.78 Å². The Morgan fingerprint density at radius 1 is 1.25 bits per heavy atom. The minimum Gasteiger partial charge on any atom is -0.493 e. The van der Waals surface area contributed by atoms with Gasteiger partial charge in [-0.1, -0.05) is 13.0 Å². The van der Waals surface area contributed by atoms with Gasteiger partial charge in [-0.2, -0.15) is 0 Å². The van der Waals surface area contributed by atoms with Gasteiger partial charge in [-0.05, 0) is 42.9 Å². The summed E-state index contributed by atoms with van der Waals surface area (Å²) in [6.07, 6.45) is 5.32. The molecule has 0 bridgehead atoms. The molecule has 1 fully saturated rings. The van der Waals surface area contributed by atoms with Crippen molar-refractivity contribution in [2.75, 3.05) is 28.1 Å². The van der Waals surface area contributed by atoms with Gasteiger partial charge in [0.15, 0.2) is 24.1 Å². The number of ketones is 1. The van der Waals surface area contributed by atoms with E-state index in [1.54, 1.807) is 33.5 Å². The first-order valence-corrected chi connectivity index (χ1v) is 9.41. The lowest BCUT2D eigenvalue weighted by Gasteiger charge is -2.38. The molecule has 1 aliphatic heterocycles. The predicted molar refractivity (Wildman–Crippen MR) is 105 cm³/mol. The topological polar surface area (TPSA) is 63.2 Å². The van der Waals surface area contributed by atoms with Gasteiger partial charge in [-0.15, -0.1) is 6.58 Å². The summed E-state index contributed by atoms with van der Waals surface area (Å²) in [5.74, 6) is 2.45. The predicted octanol–water partition coefficient (Wildman–Crippen LogP) is 3.68. The average molecular weight is 388 g/mol. The summed E-state index contributed by atoms with van der Waals surface area (Å²) in [6, 6.07) is 3.89. The van der Waals surface area contributed by atoms with Gasteiger partial charge in [0.25, 0.3) is 0 Å². The number of rotatable bonds is 8. The van der Waals surface area contributed by atoms with Crippen LogP contribution in [-0.2, 0) is 20.7 Å². The Morgan fingerprint density at radius 3 is 2.50 bits per heavy atom. The first kappa shape index (κ1) is 20.3. The van der Waals surface area contributed by atoms with Gasteiger partial charge in [0.05, 0.1) is 21.3 Å². The van der Waals surface area contributed by atoms with E-state index in [-0.39, 0.29) is 24.4 Å². The fourth-order valence-electron chi connectivity index (χ4n) is 4.19. The second-order valence-electron chi connectivity index (χ2n) is 7.27. The number of ether oxygens (including phenoxy) is 5. The van der Waals surface area contributed by atoms with Crippen LogP contribution >= 0.6 is 0 Å². The standard InChI is InChI=1S/C22H28O6/c1-6-7-16-12-22(20(11-17(16)23)27-13-28-22)14(2)8-15-9-18(24-3)21(26-5)19(10-15)25-4/h6,9-11,14,16H,1,7-8,12-13H2,2-5H3/t14-,16+,22+/m0/s1. The van der Waals surface area contributed by atoms with E-state index in [9.17, 15) is 4.79 Å². The number of hydrogen-bond acceptors (Lipinski definition) is 6. The lowest BCUT2D eigenvalue weighted by Crippen LogP contribution is -2.44. The summed E-state index contributed by atoms with van der Waals surface area (Å²) in [7, 11) is 4.79. The number of carbonyl (C=O) groups is 1. The molecule has 0 saturated carbocycles. The summed E-state index contributed by atoms with van der Waals surface area (Å²) in [5, 5.41) is 0. The zero-order valence-corrected chi connectivity index (χ0v) is 16.9. The Kier molecular flexibility index (Phi) is 5.98. The number of carbonyl (C=O) groups excluding carboxylic acids is 1. The molecule has 28 heavy (non-hydrogen) atoms. The molecule has 0 amide bonds. The molecule has 1 heterocycles. The largest absolute Gasteiger partial charge is 0.493 e. The first-order valence-electron chi connectivity index (χ1n) is 9.41. The molecule has 1 aliphatic carbocycles. The maximum Gasteiger partial charge on any atom is 0.203 e. The van der Waals surface area contributed by atoms with E-state index in [4.69, 9.17) is 23.7 Å². The summed E-state index contributed by atoms with van der Waals surface area (Å²) < 4.78 is 28.1. The van der Waals surface area contributed by atoms with Crippen LogP contribution in [0.4, 0.5) is 0 Å². The summed E-state index contributed by atoms with van der Waals surface area (Å²) in [6.45, 7) is 6.06. The Bertz CT molecular complexity index is 758. The monoisotopic (exact) mass is 388 g/mol. The molecule has 0 aromatic heterocycles. The maximum absolute atomic E-state index is 12.4. The van der Waals surface area contributed by atoms with Crippen molar-refractivity contribution in [2.24, 2.45) is 11.8 Å². The highest BCUT2D eigenvalue weighted by Crippen LogP contribution is 2.47. The van der Waals surface area contributed by atoms with Crippen LogP contribution in [0.3, 0.4) is 0 Å². The quantitative estimate of drug-likeness (QED) is 0.633. The summed E-state index contributed by atoms with van der Waals surface area (Å²) in [5.41, 5.74) is 0.422. The Morgan fingerprint density at radius 2 is 1.93 bits per heavy atom. The zero-order valence-electron chi connectivity index (χ0n) is 16.9. The lowest BCUT2D eigenvalue weighted by molar-refractivity contribution is -0.123. The van der Waals surface area contributed by atoms with E-state index in [1.807, 2.05) is 12.1 Å². The highest BCUT2D eigenvalue weighted by molar-refractivity contribution is 5.93. The van der Waals surface area contributed by atoms with E-state index in [2.05, 4.69) is 13.5 Å². The van der Waals surface area contributed by atoms with E-state index in [0.29, 0.717) is 42.3 Å². The molecular weight excluding hydrogens is 360 g/mol. The normalized spacial score (nSPS) is 24.6. The number of hydrogen-bond donors (Lipinski definition) is 0. The fourth-order valence-corrected chi connectivity index (χ4v) is 4.19. The van der Waals surface area contributed by atoms with E-state index < -0.39 is 5.60 Å². The van der Waals surface area contributed by atoms with Crippen molar-refractivity contribution in [3.8, 4) is 17.2 Å². The van der Waals surface area contributed by atoms with Crippen LogP contribution in [0.2, 0.25) is 0 Å². The van der Waals surface area contributed by atoms with E-state index in [0.717, 1.165) is 5.56 Å². The summed E-state index contributed by atoms with van der Waals surface area (Å²) in [4.78, 5) is 12.4. The van der Waals surface area contributed by atoms with Crippen molar-refractivity contribution < 1.29 is 28.5 Å². The molecule has 2 aliphatic rings. The molecule has 1 saturated heterocycles. The number of fused-ring (bicyclic) bond motifs is 1. The van der Waals surface area contributed by atoms with Gasteiger partial charge in [-0.3, -0.25) is 4.79 Å². The third-order valence-corrected chi connectivity index (χ3v) is 5.69. The van der Waals surface area contributed by atoms with Gasteiger partial charge in [0.2, 0.25) is 5.75 Å². The molecule has 1 aromatic carbocycles. The molecular formula is C22H28O6. The highest BCUT2D eigenvalue weighted by atomic mass is 16.7. The molecule has 3 atom stereocenters. The minimum atomic E-state index is -0.609. The van der Waals surface area contributed by atoms with Crippen molar-refractivity contribution in [1.82, 2.24) is 0 Å².